The number of carbonyl (C=O) groups is 1. The zero-order valence-electron chi connectivity index (χ0n) is 8.39. The molecule has 4 heteroatoms. The Morgan fingerprint density at radius 1 is 1.64 bits per heavy atom. The first kappa shape index (κ1) is 9.24. The predicted molar refractivity (Wildman–Crippen MR) is 53.0 cm³/mol. The van der Waals surface area contributed by atoms with Crippen molar-refractivity contribution in [2.24, 2.45) is 5.92 Å². The lowest BCUT2D eigenvalue weighted by Crippen LogP contribution is -2.35. The van der Waals surface area contributed by atoms with Gasteiger partial charge in [-0.3, -0.25) is 4.57 Å². The maximum Gasteiger partial charge on any atom is 0.329 e. The maximum absolute atomic E-state index is 11.8. The van der Waals surface area contributed by atoms with E-state index in [2.05, 4.69) is 4.98 Å². The summed E-state index contributed by atoms with van der Waals surface area (Å²) in [4.78, 5) is 17.6. The van der Waals surface area contributed by atoms with Crippen LogP contribution in [-0.2, 0) is 0 Å². The van der Waals surface area contributed by atoms with Gasteiger partial charge in [0.15, 0.2) is 0 Å². The Kier molecular flexibility index (Phi) is 2.52. The third kappa shape index (κ3) is 1.95. The van der Waals surface area contributed by atoms with Crippen LogP contribution in [0.1, 0.15) is 19.8 Å². The van der Waals surface area contributed by atoms with Gasteiger partial charge in [-0.1, -0.05) is 0 Å². The number of nitrogens with zero attached hydrogens (tertiary/aromatic N) is 3. The molecule has 0 atom stereocenters. The van der Waals surface area contributed by atoms with Crippen LogP contribution in [-0.4, -0.2) is 33.6 Å². The lowest BCUT2D eigenvalue weighted by atomic mass is 10.4. The number of aromatic nitrogens is 2. The molecule has 4 nitrogen and oxygen atoms in total. The summed E-state index contributed by atoms with van der Waals surface area (Å²) in [6, 6.07) is 0.0388. The lowest BCUT2D eigenvalue weighted by Gasteiger charge is -2.20. The monoisotopic (exact) mass is 193 g/mol. The largest absolute Gasteiger partial charge is 0.329 e. The zero-order chi connectivity index (χ0) is 9.97. The van der Waals surface area contributed by atoms with Crippen molar-refractivity contribution in [1.29, 1.82) is 0 Å². The fourth-order valence-corrected chi connectivity index (χ4v) is 1.49. The molecule has 1 saturated carbocycles. The van der Waals surface area contributed by atoms with Crippen LogP contribution in [0.5, 0.6) is 0 Å². The fourth-order valence-electron chi connectivity index (χ4n) is 1.49. The van der Waals surface area contributed by atoms with E-state index in [0.29, 0.717) is 0 Å². The third-order valence-electron chi connectivity index (χ3n) is 2.55. The van der Waals surface area contributed by atoms with Gasteiger partial charge in [0.2, 0.25) is 0 Å². The minimum Gasteiger partial charge on any atom is -0.324 e. The third-order valence-corrected chi connectivity index (χ3v) is 2.55. The van der Waals surface area contributed by atoms with Gasteiger partial charge in [0.1, 0.15) is 6.33 Å². The van der Waals surface area contributed by atoms with Gasteiger partial charge in [-0.05, 0) is 25.7 Å². The van der Waals surface area contributed by atoms with E-state index in [1.165, 1.54) is 17.4 Å². The molecule has 0 radical (unpaired) electrons. The molecular weight excluding hydrogens is 178 g/mol. The van der Waals surface area contributed by atoms with E-state index in [1.54, 1.807) is 18.7 Å². The van der Waals surface area contributed by atoms with Gasteiger partial charge < -0.3 is 4.90 Å². The van der Waals surface area contributed by atoms with E-state index in [4.69, 9.17) is 0 Å². The first-order valence-corrected chi connectivity index (χ1v) is 5.08. The molecule has 1 aliphatic rings. The normalized spacial score (nSPS) is 15.5. The summed E-state index contributed by atoms with van der Waals surface area (Å²) in [5.41, 5.74) is 0. The molecule has 2 rings (SSSR count). The molecule has 1 heterocycles. The van der Waals surface area contributed by atoms with E-state index in [-0.39, 0.29) is 6.03 Å². The van der Waals surface area contributed by atoms with Gasteiger partial charge in [-0.15, -0.1) is 0 Å². The number of hydrogen-bond acceptors (Lipinski definition) is 2. The van der Waals surface area contributed by atoms with Crippen molar-refractivity contribution >= 4 is 6.03 Å². The van der Waals surface area contributed by atoms with Gasteiger partial charge >= 0.3 is 6.03 Å². The molecule has 14 heavy (non-hydrogen) atoms. The summed E-state index contributed by atoms with van der Waals surface area (Å²) >= 11 is 0. The predicted octanol–water partition coefficient (Wildman–Crippen LogP) is 1.58. The first-order valence-electron chi connectivity index (χ1n) is 5.08. The van der Waals surface area contributed by atoms with E-state index in [1.807, 2.05) is 11.8 Å². The number of rotatable bonds is 3. The second kappa shape index (κ2) is 3.82. The molecule has 0 aromatic carbocycles. The van der Waals surface area contributed by atoms with Crippen LogP contribution in [0.25, 0.3) is 0 Å². The van der Waals surface area contributed by atoms with Crippen LogP contribution < -0.4 is 0 Å². The van der Waals surface area contributed by atoms with Crippen molar-refractivity contribution in [3.63, 3.8) is 0 Å². The van der Waals surface area contributed by atoms with Crippen molar-refractivity contribution in [3.8, 4) is 0 Å². The van der Waals surface area contributed by atoms with Crippen LogP contribution in [0.15, 0.2) is 18.7 Å². The average molecular weight is 193 g/mol. The van der Waals surface area contributed by atoms with Gasteiger partial charge in [-0.2, -0.15) is 0 Å². The van der Waals surface area contributed by atoms with E-state index >= 15 is 0 Å². The van der Waals surface area contributed by atoms with Crippen LogP contribution in [0.2, 0.25) is 0 Å². The van der Waals surface area contributed by atoms with Crippen molar-refractivity contribution < 1.29 is 4.79 Å². The topological polar surface area (TPSA) is 38.1 Å². The molecule has 1 fully saturated rings. The molecule has 0 spiro atoms. The molecule has 0 unspecified atom stereocenters. The SMILES string of the molecule is CCN(CC1CC1)C(=O)n1ccnc1. The second-order valence-electron chi connectivity index (χ2n) is 3.73. The van der Waals surface area contributed by atoms with Crippen molar-refractivity contribution in [2.75, 3.05) is 13.1 Å². The van der Waals surface area contributed by atoms with Crippen LogP contribution in [0.3, 0.4) is 0 Å². The molecular formula is C10H15N3O. The van der Waals surface area contributed by atoms with Crippen molar-refractivity contribution in [3.05, 3.63) is 18.7 Å². The van der Waals surface area contributed by atoms with Crippen molar-refractivity contribution in [2.45, 2.75) is 19.8 Å². The highest BCUT2D eigenvalue weighted by atomic mass is 16.2. The lowest BCUT2D eigenvalue weighted by molar-refractivity contribution is 0.200. The minimum absolute atomic E-state index is 0.0388. The average Bonchev–Trinajstić information content (AvgIpc) is 2.84. The molecule has 0 aliphatic heterocycles. The molecule has 76 valence electrons. The number of imidazole rings is 1. The first-order chi connectivity index (χ1) is 6.81. The summed E-state index contributed by atoms with van der Waals surface area (Å²) in [7, 11) is 0. The highest BCUT2D eigenvalue weighted by Gasteiger charge is 2.26. The summed E-state index contributed by atoms with van der Waals surface area (Å²) in [5.74, 6) is 0.738. The number of hydrogen-bond donors (Lipinski definition) is 0. The molecule has 1 amide bonds. The smallest absolute Gasteiger partial charge is 0.324 e. The number of carbonyl (C=O) groups excluding carboxylic acids is 1. The molecule has 1 aromatic heterocycles. The van der Waals surface area contributed by atoms with Gasteiger partial charge in [0.25, 0.3) is 0 Å². The van der Waals surface area contributed by atoms with Gasteiger partial charge in [-0.25, -0.2) is 9.78 Å². The zero-order valence-corrected chi connectivity index (χ0v) is 8.39. The van der Waals surface area contributed by atoms with Gasteiger partial charge in [0.05, 0.1) is 0 Å². The summed E-state index contributed by atoms with van der Waals surface area (Å²) in [5, 5.41) is 0. The Balaban J connectivity index is 1.99. The molecule has 1 aliphatic carbocycles. The van der Waals surface area contributed by atoms with E-state index < -0.39 is 0 Å². The molecule has 1 aromatic rings. The second-order valence-corrected chi connectivity index (χ2v) is 3.73. The summed E-state index contributed by atoms with van der Waals surface area (Å²) in [6.07, 6.45) is 7.42. The van der Waals surface area contributed by atoms with E-state index in [9.17, 15) is 4.79 Å². The Hall–Kier alpha value is -1.32. The fraction of sp³-hybridized carbons (Fsp3) is 0.600. The minimum atomic E-state index is 0.0388. The van der Waals surface area contributed by atoms with Crippen molar-refractivity contribution in [1.82, 2.24) is 14.5 Å². The van der Waals surface area contributed by atoms with Crippen LogP contribution >= 0.6 is 0 Å². The molecule has 0 saturated heterocycles. The summed E-state index contributed by atoms with van der Waals surface area (Å²) < 4.78 is 1.53. The van der Waals surface area contributed by atoms with Crippen LogP contribution in [0, 0.1) is 5.92 Å². The quantitative estimate of drug-likeness (QED) is 0.731. The number of amides is 1. The Labute approximate surface area is 83.5 Å². The molecule has 0 N–H and O–H groups in total. The molecule has 0 bridgehead atoms. The standard InChI is InChI=1S/C10H15N3O/c1-2-12(7-9-3-4-9)10(14)13-6-5-11-8-13/h5-6,8-9H,2-4,7H2,1H3. The summed E-state index contributed by atoms with van der Waals surface area (Å²) in [6.45, 7) is 3.68. The van der Waals surface area contributed by atoms with E-state index in [0.717, 1.165) is 19.0 Å². The maximum atomic E-state index is 11.8. The highest BCUT2D eigenvalue weighted by molar-refractivity contribution is 5.76. The van der Waals surface area contributed by atoms with Crippen LogP contribution in [0.4, 0.5) is 4.79 Å². The Morgan fingerprint density at radius 3 is 2.93 bits per heavy atom. The highest BCUT2D eigenvalue weighted by Crippen LogP contribution is 2.29. The Morgan fingerprint density at radius 2 is 2.43 bits per heavy atom. The van der Waals surface area contributed by atoms with Gasteiger partial charge in [0, 0.05) is 25.5 Å². The Bertz CT molecular complexity index is 303.